The number of halogens is 1. The van der Waals surface area contributed by atoms with Gasteiger partial charge in [-0.15, -0.1) is 11.3 Å². The Kier molecular flexibility index (Phi) is 4.17. The van der Waals surface area contributed by atoms with Crippen molar-refractivity contribution in [3.05, 3.63) is 43.3 Å². The quantitative estimate of drug-likeness (QED) is 0.605. The van der Waals surface area contributed by atoms with Gasteiger partial charge in [-0.05, 0) is 45.9 Å². The van der Waals surface area contributed by atoms with Crippen LogP contribution in [0.1, 0.15) is 32.5 Å². The molecule has 126 valence electrons. The molecule has 5 nitrogen and oxygen atoms in total. The Hall–Kier alpha value is -1.32. The Bertz CT molecular complexity index is 820. The third kappa shape index (κ3) is 2.68. The highest BCUT2D eigenvalue weighted by atomic mass is 127. The van der Waals surface area contributed by atoms with Crippen molar-refractivity contribution < 1.29 is 14.4 Å². The molecule has 0 radical (unpaired) electrons. The molecule has 1 amide bonds. The van der Waals surface area contributed by atoms with Crippen LogP contribution in [-0.2, 0) is 13.0 Å². The number of methoxy groups -OCH3 is 1. The molecule has 2 aliphatic heterocycles. The summed E-state index contributed by atoms with van der Waals surface area (Å²) in [7, 11) is 3.87. The number of thiophene rings is 1. The molecule has 24 heavy (non-hydrogen) atoms. The Morgan fingerprint density at radius 3 is 2.96 bits per heavy atom. The molecule has 3 N–H and O–H groups in total. The summed E-state index contributed by atoms with van der Waals surface area (Å²) in [6, 6.07) is 5.99. The smallest absolute Gasteiger partial charge is 0.256 e. The summed E-state index contributed by atoms with van der Waals surface area (Å²) in [5, 5.41) is 7.63. The standard InChI is InChI=1S/C17H18IN3O2S/c1-21-6-5-10-13(8-21)24-17-14(10)16(22)19-15(20-17)9-3-4-12(23-2)11(18)7-9/h3-4,7,15,20H,5-6,8H2,1-2H3,(H,19,22)/p+1/t15-/m1/s1. The van der Waals surface area contributed by atoms with Crippen LogP contribution in [0.2, 0.25) is 0 Å². The lowest BCUT2D eigenvalue weighted by molar-refractivity contribution is -0.895. The lowest BCUT2D eigenvalue weighted by Gasteiger charge is -2.27. The van der Waals surface area contributed by atoms with Gasteiger partial charge >= 0.3 is 0 Å². The molecule has 3 heterocycles. The Labute approximate surface area is 158 Å². The number of anilines is 1. The van der Waals surface area contributed by atoms with Crippen molar-refractivity contribution >= 4 is 44.8 Å². The molecule has 0 spiro atoms. The molecule has 0 fully saturated rings. The van der Waals surface area contributed by atoms with Gasteiger partial charge in [-0.2, -0.15) is 0 Å². The molecule has 1 unspecified atom stereocenters. The van der Waals surface area contributed by atoms with Crippen LogP contribution >= 0.6 is 33.9 Å². The number of fused-ring (bicyclic) bond motifs is 3. The van der Waals surface area contributed by atoms with Crippen LogP contribution in [0.3, 0.4) is 0 Å². The minimum atomic E-state index is -0.199. The zero-order chi connectivity index (χ0) is 16.8. The van der Waals surface area contributed by atoms with E-state index in [1.54, 1.807) is 18.4 Å². The van der Waals surface area contributed by atoms with E-state index in [9.17, 15) is 4.79 Å². The van der Waals surface area contributed by atoms with Gasteiger partial charge in [-0.1, -0.05) is 6.07 Å². The van der Waals surface area contributed by atoms with Crippen LogP contribution in [0.25, 0.3) is 0 Å². The molecule has 1 aromatic carbocycles. The first-order chi connectivity index (χ1) is 11.6. The molecule has 2 aliphatic rings. The summed E-state index contributed by atoms with van der Waals surface area (Å²) in [6.45, 7) is 2.09. The molecule has 0 saturated heterocycles. The Morgan fingerprint density at radius 1 is 1.38 bits per heavy atom. The summed E-state index contributed by atoms with van der Waals surface area (Å²) in [5.41, 5.74) is 3.14. The van der Waals surface area contributed by atoms with E-state index in [1.165, 1.54) is 15.3 Å². The van der Waals surface area contributed by atoms with E-state index < -0.39 is 0 Å². The molecule has 0 aliphatic carbocycles. The van der Waals surface area contributed by atoms with E-state index in [4.69, 9.17) is 4.74 Å². The van der Waals surface area contributed by atoms with Crippen molar-refractivity contribution in [2.45, 2.75) is 19.1 Å². The van der Waals surface area contributed by atoms with E-state index in [0.29, 0.717) is 0 Å². The highest BCUT2D eigenvalue weighted by Crippen LogP contribution is 2.39. The fraction of sp³-hybridized carbons (Fsp3) is 0.353. The van der Waals surface area contributed by atoms with Gasteiger partial charge in [0.2, 0.25) is 0 Å². The minimum Gasteiger partial charge on any atom is -0.496 e. The van der Waals surface area contributed by atoms with E-state index >= 15 is 0 Å². The van der Waals surface area contributed by atoms with Gasteiger partial charge in [0, 0.05) is 6.42 Å². The normalized spacial score (nSPS) is 22.2. The van der Waals surface area contributed by atoms with Crippen LogP contribution in [-0.4, -0.2) is 26.6 Å². The van der Waals surface area contributed by atoms with Gasteiger partial charge in [0.15, 0.2) is 0 Å². The summed E-state index contributed by atoms with van der Waals surface area (Å²) in [5.74, 6) is 0.886. The highest BCUT2D eigenvalue weighted by molar-refractivity contribution is 14.1. The number of rotatable bonds is 2. The van der Waals surface area contributed by atoms with Crippen molar-refractivity contribution in [1.82, 2.24) is 5.32 Å². The van der Waals surface area contributed by atoms with Crippen molar-refractivity contribution in [3.63, 3.8) is 0 Å². The van der Waals surface area contributed by atoms with Crippen LogP contribution in [0.5, 0.6) is 5.75 Å². The molecule has 0 bridgehead atoms. The van der Waals surface area contributed by atoms with E-state index in [0.717, 1.165) is 45.0 Å². The molecular weight excluding hydrogens is 437 g/mol. The maximum atomic E-state index is 12.7. The van der Waals surface area contributed by atoms with Gasteiger partial charge < -0.3 is 20.3 Å². The summed E-state index contributed by atoms with van der Waals surface area (Å²) in [4.78, 5) is 15.6. The van der Waals surface area contributed by atoms with Crippen molar-refractivity contribution in [2.24, 2.45) is 0 Å². The number of ether oxygens (including phenoxy) is 1. The second-order valence-electron chi connectivity index (χ2n) is 6.29. The lowest BCUT2D eigenvalue weighted by Crippen LogP contribution is -3.08. The second kappa shape index (κ2) is 6.20. The van der Waals surface area contributed by atoms with Crippen LogP contribution < -0.4 is 20.3 Å². The fourth-order valence-electron chi connectivity index (χ4n) is 3.36. The van der Waals surface area contributed by atoms with E-state index in [2.05, 4.69) is 40.3 Å². The number of carbonyl (C=O) groups excluding carboxylic acids is 1. The van der Waals surface area contributed by atoms with Crippen LogP contribution in [0, 0.1) is 3.57 Å². The fourth-order valence-corrected chi connectivity index (χ4v) is 5.51. The highest BCUT2D eigenvalue weighted by Gasteiger charge is 2.33. The number of likely N-dealkylation sites (N-methyl/N-ethyl adjacent to an activating group) is 1. The summed E-state index contributed by atoms with van der Waals surface area (Å²) in [6.07, 6.45) is 0.780. The van der Waals surface area contributed by atoms with Gasteiger partial charge in [-0.3, -0.25) is 4.79 Å². The first-order valence-corrected chi connectivity index (χ1v) is 9.83. The maximum absolute atomic E-state index is 12.7. The topological polar surface area (TPSA) is 54.8 Å². The largest absolute Gasteiger partial charge is 0.496 e. The zero-order valence-corrected chi connectivity index (χ0v) is 16.5. The number of hydrogen-bond donors (Lipinski definition) is 3. The third-order valence-corrected chi connectivity index (χ3v) is 6.65. The number of hydrogen-bond acceptors (Lipinski definition) is 4. The minimum absolute atomic E-state index is 0.0385. The molecule has 1 aromatic heterocycles. The van der Waals surface area contributed by atoms with Crippen molar-refractivity contribution in [3.8, 4) is 5.75 Å². The number of carbonyl (C=O) groups is 1. The number of quaternary nitrogens is 1. The molecule has 2 aromatic rings. The molecule has 0 saturated carbocycles. The lowest BCUT2D eigenvalue weighted by atomic mass is 10.0. The summed E-state index contributed by atoms with van der Waals surface area (Å²) >= 11 is 3.99. The van der Waals surface area contributed by atoms with Crippen LogP contribution in [0.15, 0.2) is 18.2 Å². The first kappa shape index (κ1) is 16.2. The predicted octanol–water partition coefficient (Wildman–Crippen LogP) is 1.79. The molecule has 2 atom stereocenters. The van der Waals surface area contributed by atoms with Crippen molar-refractivity contribution in [2.75, 3.05) is 26.0 Å². The molecule has 4 rings (SSSR count). The number of amides is 1. The Balaban J connectivity index is 1.67. The maximum Gasteiger partial charge on any atom is 0.256 e. The molecule has 7 heteroatoms. The monoisotopic (exact) mass is 456 g/mol. The number of benzene rings is 1. The van der Waals surface area contributed by atoms with Gasteiger partial charge in [0.05, 0.1) is 34.7 Å². The van der Waals surface area contributed by atoms with Crippen LogP contribution in [0.4, 0.5) is 5.00 Å². The van der Waals surface area contributed by atoms with Gasteiger partial charge in [0.1, 0.15) is 23.5 Å². The van der Waals surface area contributed by atoms with Crippen molar-refractivity contribution in [1.29, 1.82) is 0 Å². The van der Waals surface area contributed by atoms with E-state index in [1.807, 2.05) is 18.2 Å². The SMILES string of the molecule is COc1ccc([C@@H]2NC(=O)c3c(sc4c3CC[NH+](C)C4)N2)cc1I. The number of nitrogens with one attached hydrogen (secondary N) is 3. The van der Waals surface area contributed by atoms with Gasteiger partial charge in [-0.25, -0.2) is 0 Å². The predicted molar refractivity (Wildman–Crippen MR) is 103 cm³/mol. The molecular formula is C17H19IN3O2S+. The average Bonchev–Trinajstić information content (AvgIpc) is 2.92. The summed E-state index contributed by atoms with van der Waals surface area (Å²) < 4.78 is 6.35. The average molecular weight is 456 g/mol. The third-order valence-electron chi connectivity index (χ3n) is 4.64. The Morgan fingerprint density at radius 2 is 2.21 bits per heavy atom. The van der Waals surface area contributed by atoms with Gasteiger partial charge in [0.25, 0.3) is 5.91 Å². The van der Waals surface area contributed by atoms with E-state index in [-0.39, 0.29) is 12.1 Å². The second-order valence-corrected chi connectivity index (χ2v) is 8.55. The first-order valence-electron chi connectivity index (χ1n) is 7.93. The zero-order valence-electron chi connectivity index (χ0n) is 13.5.